The van der Waals surface area contributed by atoms with Gasteiger partial charge in [-0.25, -0.2) is 0 Å². The van der Waals surface area contributed by atoms with Gasteiger partial charge < -0.3 is 9.97 Å². The molecule has 0 aliphatic heterocycles. The first-order chi connectivity index (χ1) is 18.3. The number of pyridine rings is 2. The first-order valence-electron chi connectivity index (χ1n) is 12.3. The molecule has 1 radical (unpaired) electrons. The summed E-state index contributed by atoms with van der Waals surface area (Å²) in [5, 5.41) is 0. The van der Waals surface area contributed by atoms with Crippen molar-refractivity contribution in [2.45, 2.75) is 6.42 Å². The van der Waals surface area contributed by atoms with Gasteiger partial charge in [-0.05, 0) is 46.6 Å². The molecule has 6 rings (SSSR count). The summed E-state index contributed by atoms with van der Waals surface area (Å²) in [5.41, 5.74) is 8.99. The molecule has 0 fully saturated rings. The van der Waals surface area contributed by atoms with Crippen LogP contribution in [0.15, 0.2) is 146 Å². The fraction of sp³-hybridized carbons (Fsp3) is 0.0286. The van der Waals surface area contributed by atoms with Gasteiger partial charge in [0.1, 0.15) is 0 Å². The molecule has 38 heavy (non-hydrogen) atoms. The fourth-order valence-electron chi connectivity index (χ4n) is 4.06. The van der Waals surface area contributed by atoms with E-state index in [2.05, 4.69) is 82.8 Å². The smallest absolute Gasteiger partial charge is 0.0163 e. The van der Waals surface area contributed by atoms with E-state index in [0.29, 0.717) is 0 Å². The largest absolute Gasteiger partial charge is 0.305 e. The third-order valence-corrected chi connectivity index (χ3v) is 5.91. The van der Waals surface area contributed by atoms with Gasteiger partial charge in [0, 0.05) is 32.5 Å². The molecule has 4 aromatic carbocycles. The van der Waals surface area contributed by atoms with E-state index in [1.54, 1.807) is 6.20 Å². The maximum atomic E-state index is 4.42. The van der Waals surface area contributed by atoms with Gasteiger partial charge in [0.2, 0.25) is 0 Å². The minimum atomic E-state index is 0. The molecule has 0 bridgehead atoms. The molecule has 0 saturated heterocycles. The standard InChI is InChI=1S/C18H14N.C17H12N.Ir/c1-3-7-15(8-4-1)13-16-11-12-19-18(14-16)17-9-5-2-6-10-17;1-2-7-14(8-3-1)15-9-6-10-16(13-15)17-11-4-5-12-18-17;/h1-9,11-12,14H,13H2;1-9,11-13H;/q2*-1;. The summed E-state index contributed by atoms with van der Waals surface area (Å²) in [7, 11) is 0. The zero-order valence-electron chi connectivity index (χ0n) is 20.8. The number of nitrogens with zero attached hydrogens (tertiary/aromatic N) is 2. The van der Waals surface area contributed by atoms with Crippen molar-refractivity contribution in [3.8, 4) is 33.6 Å². The minimum Gasteiger partial charge on any atom is -0.305 e. The van der Waals surface area contributed by atoms with E-state index in [9.17, 15) is 0 Å². The van der Waals surface area contributed by atoms with Crippen molar-refractivity contribution in [2.24, 2.45) is 0 Å². The van der Waals surface area contributed by atoms with Crippen LogP contribution in [-0.4, -0.2) is 9.97 Å². The second-order valence-corrected chi connectivity index (χ2v) is 8.56. The van der Waals surface area contributed by atoms with Crippen molar-refractivity contribution in [2.75, 3.05) is 0 Å². The van der Waals surface area contributed by atoms with E-state index in [0.717, 1.165) is 28.9 Å². The van der Waals surface area contributed by atoms with Gasteiger partial charge in [0.05, 0.1) is 0 Å². The number of benzene rings is 4. The van der Waals surface area contributed by atoms with Crippen LogP contribution in [0, 0.1) is 12.1 Å². The van der Waals surface area contributed by atoms with E-state index in [-0.39, 0.29) is 20.1 Å². The summed E-state index contributed by atoms with van der Waals surface area (Å²) in [6.45, 7) is 0. The van der Waals surface area contributed by atoms with Gasteiger partial charge >= 0.3 is 0 Å². The predicted octanol–water partition coefficient (Wildman–Crippen LogP) is 8.35. The molecule has 0 aliphatic rings. The molecule has 0 N–H and O–H groups in total. The van der Waals surface area contributed by atoms with Crippen molar-refractivity contribution in [1.82, 2.24) is 9.97 Å². The zero-order chi connectivity index (χ0) is 25.1. The molecule has 2 heterocycles. The van der Waals surface area contributed by atoms with Gasteiger partial charge in [-0.3, -0.25) is 0 Å². The zero-order valence-corrected chi connectivity index (χ0v) is 23.2. The average Bonchev–Trinajstić information content (AvgIpc) is 3.00. The van der Waals surface area contributed by atoms with Gasteiger partial charge in [0.25, 0.3) is 0 Å². The van der Waals surface area contributed by atoms with E-state index in [4.69, 9.17) is 0 Å². The SMILES string of the molecule is [Ir].[c-]1ccc(-c2ccccc2)cc1-c1ccccn1.[c-]1ccccc1-c1cc(Cc2ccccc2)ccn1. The Balaban J connectivity index is 0.000000173. The van der Waals surface area contributed by atoms with Gasteiger partial charge in [-0.1, -0.05) is 78.9 Å². The number of hydrogen-bond acceptors (Lipinski definition) is 2. The maximum Gasteiger partial charge on any atom is 0.0163 e. The molecule has 0 atom stereocenters. The van der Waals surface area contributed by atoms with Crippen LogP contribution >= 0.6 is 0 Å². The number of rotatable bonds is 5. The Morgan fingerprint density at radius 1 is 0.474 bits per heavy atom. The van der Waals surface area contributed by atoms with Crippen molar-refractivity contribution in [3.05, 3.63) is 169 Å². The molecule has 187 valence electrons. The van der Waals surface area contributed by atoms with Crippen LogP contribution in [0.5, 0.6) is 0 Å². The van der Waals surface area contributed by atoms with Crippen molar-refractivity contribution < 1.29 is 20.1 Å². The van der Waals surface area contributed by atoms with E-state index in [1.165, 1.54) is 22.3 Å². The predicted molar refractivity (Wildman–Crippen MR) is 152 cm³/mol. The van der Waals surface area contributed by atoms with E-state index in [1.807, 2.05) is 79.0 Å². The topological polar surface area (TPSA) is 25.8 Å². The summed E-state index contributed by atoms with van der Waals surface area (Å²) in [4.78, 5) is 8.77. The summed E-state index contributed by atoms with van der Waals surface area (Å²) in [6, 6.07) is 51.5. The molecular formula is C35H26IrN2-2. The van der Waals surface area contributed by atoms with Crippen LogP contribution < -0.4 is 0 Å². The summed E-state index contributed by atoms with van der Waals surface area (Å²) < 4.78 is 0. The maximum absolute atomic E-state index is 4.42. The normalized spacial score (nSPS) is 10.0. The molecular weight excluding hydrogens is 641 g/mol. The third kappa shape index (κ3) is 7.43. The van der Waals surface area contributed by atoms with Crippen LogP contribution in [0.2, 0.25) is 0 Å². The van der Waals surface area contributed by atoms with Gasteiger partial charge in [0.15, 0.2) is 0 Å². The molecule has 0 aliphatic carbocycles. The Morgan fingerprint density at radius 2 is 1.18 bits per heavy atom. The fourth-order valence-corrected chi connectivity index (χ4v) is 4.06. The first-order valence-corrected chi connectivity index (χ1v) is 12.3. The Bertz CT molecular complexity index is 1470. The summed E-state index contributed by atoms with van der Waals surface area (Å²) in [5.74, 6) is 0. The average molecular weight is 667 g/mol. The van der Waals surface area contributed by atoms with Crippen LogP contribution in [0.3, 0.4) is 0 Å². The summed E-state index contributed by atoms with van der Waals surface area (Å²) in [6.07, 6.45) is 4.61. The first kappa shape index (κ1) is 26.9. The third-order valence-electron chi connectivity index (χ3n) is 5.91. The van der Waals surface area contributed by atoms with Crippen LogP contribution in [-0.2, 0) is 26.5 Å². The Hall–Kier alpha value is -4.17. The Kier molecular flexibility index (Phi) is 9.87. The second kappa shape index (κ2) is 13.9. The Labute approximate surface area is 238 Å². The minimum absolute atomic E-state index is 0. The van der Waals surface area contributed by atoms with E-state index >= 15 is 0 Å². The molecule has 0 unspecified atom stereocenters. The summed E-state index contributed by atoms with van der Waals surface area (Å²) >= 11 is 0. The van der Waals surface area contributed by atoms with Crippen LogP contribution in [0.4, 0.5) is 0 Å². The molecule has 2 aromatic heterocycles. The second-order valence-electron chi connectivity index (χ2n) is 8.56. The van der Waals surface area contributed by atoms with Gasteiger partial charge in [-0.15, -0.1) is 71.3 Å². The molecule has 2 nitrogen and oxygen atoms in total. The molecule has 0 saturated carbocycles. The molecule has 0 spiro atoms. The molecule has 3 heteroatoms. The van der Waals surface area contributed by atoms with Crippen molar-refractivity contribution in [3.63, 3.8) is 0 Å². The monoisotopic (exact) mass is 667 g/mol. The van der Waals surface area contributed by atoms with Crippen molar-refractivity contribution in [1.29, 1.82) is 0 Å². The van der Waals surface area contributed by atoms with E-state index < -0.39 is 0 Å². The number of hydrogen-bond donors (Lipinski definition) is 0. The van der Waals surface area contributed by atoms with Crippen molar-refractivity contribution >= 4 is 0 Å². The van der Waals surface area contributed by atoms with Gasteiger partial charge in [-0.2, -0.15) is 0 Å². The van der Waals surface area contributed by atoms with Crippen LogP contribution in [0.1, 0.15) is 11.1 Å². The Morgan fingerprint density at radius 3 is 1.92 bits per heavy atom. The number of aromatic nitrogens is 2. The molecule has 6 aromatic rings. The van der Waals surface area contributed by atoms with Crippen LogP contribution in [0.25, 0.3) is 33.6 Å². The molecule has 0 amide bonds. The quantitative estimate of drug-likeness (QED) is 0.173.